The third-order valence-electron chi connectivity index (χ3n) is 3.14. The highest BCUT2D eigenvalue weighted by Gasteiger charge is 2.41. The summed E-state index contributed by atoms with van der Waals surface area (Å²) < 4.78 is 5.37. The van der Waals surface area contributed by atoms with Gasteiger partial charge in [-0.05, 0) is 0 Å². The van der Waals surface area contributed by atoms with Crippen LogP contribution in [0.4, 0.5) is 4.79 Å². The van der Waals surface area contributed by atoms with Gasteiger partial charge in [-0.25, -0.2) is 4.79 Å². The number of nitrogens with zero attached hydrogens (tertiary/aromatic N) is 1. The Morgan fingerprint density at radius 3 is 2.82 bits per heavy atom. The van der Waals surface area contributed by atoms with Gasteiger partial charge < -0.3 is 14.9 Å². The molecule has 2 aliphatic rings. The zero-order valence-corrected chi connectivity index (χ0v) is 9.50. The van der Waals surface area contributed by atoms with Gasteiger partial charge >= 0.3 is 6.03 Å². The molecule has 17 heavy (non-hydrogen) atoms. The Labute approximate surface area is 98.3 Å². The number of amides is 3. The molecular formula is C10H16N2O5. The summed E-state index contributed by atoms with van der Waals surface area (Å²) in [5.41, 5.74) is 0. The summed E-state index contributed by atoms with van der Waals surface area (Å²) in [5, 5.41) is 20.8. The fourth-order valence-corrected chi connectivity index (χ4v) is 2.08. The van der Waals surface area contributed by atoms with E-state index in [2.05, 4.69) is 5.32 Å². The van der Waals surface area contributed by atoms with Crippen LogP contribution in [-0.2, 0) is 9.53 Å². The minimum Gasteiger partial charge on any atom is -0.394 e. The zero-order valence-electron chi connectivity index (χ0n) is 9.50. The van der Waals surface area contributed by atoms with Crippen LogP contribution < -0.4 is 5.32 Å². The average Bonchev–Trinajstić information content (AvgIpc) is 2.65. The molecular weight excluding hydrogens is 228 g/mol. The van der Waals surface area contributed by atoms with Crippen LogP contribution in [0.2, 0.25) is 0 Å². The molecule has 2 heterocycles. The van der Waals surface area contributed by atoms with Crippen molar-refractivity contribution in [3.05, 3.63) is 0 Å². The average molecular weight is 244 g/mol. The molecule has 7 nitrogen and oxygen atoms in total. The highest BCUT2D eigenvalue weighted by molar-refractivity contribution is 5.97. The van der Waals surface area contributed by atoms with Gasteiger partial charge in [0, 0.05) is 13.0 Å². The fraction of sp³-hybridized carbons (Fsp3) is 0.800. The SMILES string of the molecule is C[C@H]1CN([C@H]2C[C@H](O)[C@H](CO)O2)C(=O)NC1=O. The predicted octanol–water partition coefficient (Wildman–Crippen LogP) is -1.36. The Hall–Kier alpha value is -1.18. The van der Waals surface area contributed by atoms with Crippen LogP contribution in [0.15, 0.2) is 0 Å². The second-order valence-corrected chi connectivity index (χ2v) is 4.46. The van der Waals surface area contributed by atoms with Crippen LogP contribution in [-0.4, -0.2) is 58.6 Å². The molecule has 3 amide bonds. The third-order valence-corrected chi connectivity index (χ3v) is 3.14. The predicted molar refractivity (Wildman–Crippen MR) is 55.8 cm³/mol. The van der Waals surface area contributed by atoms with E-state index in [1.807, 2.05) is 0 Å². The number of imide groups is 1. The smallest absolute Gasteiger partial charge is 0.326 e. The molecule has 0 saturated carbocycles. The lowest BCUT2D eigenvalue weighted by molar-refractivity contribution is -0.128. The molecule has 0 spiro atoms. The number of rotatable bonds is 2. The Kier molecular flexibility index (Phi) is 3.32. The number of aliphatic hydroxyl groups excluding tert-OH is 2. The summed E-state index contributed by atoms with van der Waals surface area (Å²) in [6, 6.07) is -0.510. The van der Waals surface area contributed by atoms with Crippen molar-refractivity contribution in [3.63, 3.8) is 0 Å². The number of aliphatic hydroxyl groups is 2. The quantitative estimate of drug-likeness (QED) is 0.557. The molecule has 0 aromatic carbocycles. The minimum absolute atomic E-state index is 0.250. The van der Waals surface area contributed by atoms with Crippen molar-refractivity contribution < 1.29 is 24.5 Å². The van der Waals surface area contributed by atoms with Crippen molar-refractivity contribution in [2.24, 2.45) is 5.92 Å². The first-order valence-corrected chi connectivity index (χ1v) is 5.58. The molecule has 0 aromatic rings. The van der Waals surface area contributed by atoms with Crippen LogP contribution in [0.1, 0.15) is 13.3 Å². The summed E-state index contributed by atoms with van der Waals surface area (Å²) in [6.07, 6.45) is -1.79. The number of hydrogen-bond acceptors (Lipinski definition) is 5. The zero-order chi connectivity index (χ0) is 12.6. The van der Waals surface area contributed by atoms with Gasteiger partial charge in [-0.3, -0.25) is 15.0 Å². The molecule has 0 aliphatic carbocycles. The molecule has 2 saturated heterocycles. The molecule has 0 radical (unpaired) electrons. The second-order valence-electron chi connectivity index (χ2n) is 4.46. The first kappa shape index (κ1) is 12.3. The number of carbonyl (C=O) groups excluding carboxylic acids is 2. The Morgan fingerprint density at radius 2 is 2.24 bits per heavy atom. The van der Waals surface area contributed by atoms with Crippen LogP contribution >= 0.6 is 0 Å². The topological polar surface area (TPSA) is 99.1 Å². The molecule has 4 atom stereocenters. The molecule has 2 rings (SSSR count). The highest BCUT2D eigenvalue weighted by Crippen LogP contribution is 2.25. The largest absolute Gasteiger partial charge is 0.394 e. The van der Waals surface area contributed by atoms with E-state index in [1.54, 1.807) is 6.92 Å². The maximum absolute atomic E-state index is 11.6. The van der Waals surface area contributed by atoms with Crippen LogP contribution in [0.3, 0.4) is 0 Å². The van der Waals surface area contributed by atoms with Gasteiger partial charge in [0.25, 0.3) is 0 Å². The molecule has 0 unspecified atom stereocenters. The standard InChI is InChI=1S/C10H16N2O5/c1-5-3-12(10(16)11-9(5)15)8-2-6(14)7(4-13)17-8/h5-8,13-14H,2-4H2,1H3,(H,11,15,16)/t5-,6-,7-,8+/m0/s1. The number of nitrogens with one attached hydrogen (secondary N) is 1. The maximum Gasteiger partial charge on any atom is 0.326 e. The lowest BCUT2D eigenvalue weighted by Gasteiger charge is -2.34. The summed E-state index contributed by atoms with van der Waals surface area (Å²) in [4.78, 5) is 24.2. The van der Waals surface area contributed by atoms with Crippen molar-refractivity contribution in [2.45, 2.75) is 31.8 Å². The van der Waals surface area contributed by atoms with Crippen molar-refractivity contribution in [2.75, 3.05) is 13.2 Å². The van der Waals surface area contributed by atoms with E-state index < -0.39 is 24.5 Å². The van der Waals surface area contributed by atoms with Gasteiger partial charge in [-0.1, -0.05) is 6.92 Å². The van der Waals surface area contributed by atoms with E-state index in [0.29, 0.717) is 0 Å². The number of ether oxygens (including phenoxy) is 1. The van der Waals surface area contributed by atoms with Crippen LogP contribution in [0.25, 0.3) is 0 Å². The van der Waals surface area contributed by atoms with E-state index >= 15 is 0 Å². The third kappa shape index (κ3) is 2.26. The Bertz CT molecular complexity index is 335. The summed E-state index contributed by atoms with van der Waals surface area (Å²) in [5.74, 6) is -0.606. The minimum atomic E-state index is -0.786. The first-order chi connectivity index (χ1) is 8.02. The maximum atomic E-state index is 11.6. The molecule has 3 N–H and O–H groups in total. The van der Waals surface area contributed by atoms with Crippen LogP contribution in [0.5, 0.6) is 0 Å². The van der Waals surface area contributed by atoms with E-state index in [1.165, 1.54) is 4.90 Å². The van der Waals surface area contributed by atoms with Crippen molar-refractivity contribution >= 4 is 11.9 Å². The van der Waals surface area contributed by atoms with Gasteiger partial charge in [-0.2, -0.15) is 0 Å². The Morgan fingerprint density at radius 1 is 1.53 bits per heavy atom. The van der Waals surface area contributed by atoms with E-state index in [4.69, 9.17) is 9.84 Å². The van der Waals surface area contributed by atoms with Gasteiger partial charge in [0.1, 0.15) is 12.3 Å². The molecule has 0 aromatic heterocycles. The van der Waals surface area contributed by atoms with Crippen molar-refractivity contribution in [1.82, 2.24) is 10.2 Å². The van der Waals surface area contributed by atoms with Crippen molar-refractivity contribution in [1.29, 1.82) is 0 Å². The fourth-order valence-electron chi connectivity index (χ4n) is 2.08. The normalized spacial score (nSPS) is 38.4. The highest BCUT2D eigenvalue weighted by atomic mass is 16.5. The van der Waals surface area contributed by atoms with Gasteiger partial charge in [0.2, 0.25) is 5.91 Å². The molecule has 2 aliphatic heterocycles. The number of urea groups is 1. The van der Waals surface area contributed by atoms with Gasteiger partial charge in [0.15, 0.2) is 0 Å². The first-order valence-electron chi connectivity index (χ1n) is 5.58. The number of hydrogen-bond donors (Lipinski definition) is 3. The van der Waals surface area contributed by atoms with E-state index in [-0.39, 0.29) is 31.4 Å². The molecule has 7 heteroatoms. The molecule has 96 valence electrons. The van der Waals surface area contributed by atoms with Crippen LogP contribution in [0, 0.1) is 5.92 Å². The van der Waals surface area contributed by atoms with E-state index in [9.17, 15) is 14.7 Å². The van der Waals surface area contributed by atoms with E-state index in [0.717, 1.165) is 0 Å². The Balaban J connectivity index is 2.03. The lowest BCUT2D eigenvalue weighted by Crippen LogP contribution is -2.57. The summed E-state index contributed by atoms with van der Waals surface area (Å²) in [7, 11) is 0. The molecule has 0 bridgehead atoms. The summed E-state index contributed by atoms with van der Waals surface area (Å²) >= 11 is 0. The molecule has 2 fully saturated rings. The van der Waals surface area contributed by atoms with Gasteiger partial charge in [0.05, 0.1) is 18.6 Å². The summed E-state index contributed by atoms with van der Waals surface area (Å²) in [6.45, 7) is 1.69. The van der Waals surface area contributed by atoms with Gasteiger partial charge in [-0.15, -0.1) is 0 Å². The monoisotopic (exact) mass is 244 g/mol. The van der Waals surface area contributed by atoms with Crippen molar-refractivity contribution in [3.8, 4) is 0 Å². The lowest BCUT2D eigenvalue weighted by atomic mass is 10.1. The number of carbonyl (C=O) groups is 2. The second kappa shape index (κ2) is 4.59.